The van der Waals surface area contributed by atoms with Crippen LogP contribution in [0.1, 0.15) is 35.3 Å². The fourth-order valence-corrected chi connectivity index (χ4v) is 6.71. The van der Waals surface area contributed by atoms with Gasteiger partial charge in [-0.15, -0.1) is 0 Å². The summed E-state index contributed by atoms with van der Waals surface area (Å²) in [5.74, 6) is 0. The van der Waals surface area contributed by atoms with Gasteiger partial charge < -0.3 is 4.57 Å². The van der Waals surface area contributed by atoms with Crippen molar-refractivity contribution < 1.29 is 4.57 Å². The second-order valence-electron chi connectivity index (χ2n) is 5.36. The summed E-state index contributed by atoms with van der Waals surface area (Å²) in [6.45, 7) is 0. The zero-order chi connectivity index (χ0) is 14.0. The maximum absolute atomic E-state index is 13.5. The molecular weight excluding hydrogens is 265 g/mol. The van der Waals surface area contributed by atoms with E-state index in [1.54, 1.807) is 0 Å². The van der Waals surface area contributed by atoms with Gasteiger partial charge in [0.2, 0.25) is 0 Å². The minimum absolute atomic E-state index is 0.138. The second kappa shape index (κ2) is 5.55. The van der Waals surface area contributed by atoms with Crippen LogP contribution in [0.25, 0.3) is 0 Å². The highest BCUT2D eigenvalue weighted by Gasteiger charge is 2.46. The molecule has 20 heavy (non-hydrogen) atoms. The molecular formula is C17H20NOP. The second-order valence-corrected chi connectivity index (χ2v) is 8.48. The molecule has 1 unspecified atom stereocenters. The average Bonchev–Trinajstić information content (AvgIpc) is 2.87. The molecule has 1 aliphatic heterocycles. The van der Waals surface area contributed by atoms with E-state index in [2.05, 4.69) is 29.4 Å². The van der Waals surface area contributed by atoms with Gasteiger partial charge in [-0.2, -0.15) is 0 Å². The lowest BCUT2D eigenvalue weighted by Gasteiger charge is -2.26. The minimum Gasteiger partial charge on any atom is -0.305 e. The van der Waals surface area contributed by atoms with E-state index in [1.807, 2.05) is 43.4 Å². The van der Waals surface area contributed by atoms with E-state index in [4.69, 9.17) is 0 Å². The van der Waals surface area contributed by atoms with Gasteiger partial charge in [-0.05, 0) is 31.0 Å². The number of rotatable bonds is 3. The molecule has 104 valence electrons. The summed E-state index contributed by atoms with van der Waals surface area (Å²) in [5.41, 5.74) is 2.67. The maximum atomic E-state index is 13.5. The van der Waals surface area contributed by atoms with E-state index in [0.29, 0.717) is 0 Å². The molecule has 0 radical (unpaired) electrons. The standard InChI is InChI=1S/C17H20NOP/c1-18-20(19)16(14-8-4-2-5-9-14)12-13-17(20)15-10-6-3-7-11-15/h2-11,16-17H,12-13H2,1H3,(H,18,19)/t16-,17+,20?. The summed E-state index contributed by atoms with van der Waals surface area (Å²) in [6, 6.07) is 20.6. The number of nitrogens with one attached hydrogen (secondary N) is 1. The molecule has 0 bridgehead atoms. The van der Waals surface area contributed by atoms with Crippen LogP contribution in [0.5, 0.6) is 0 Å². The van der Waals surface area contributed by atoms with E-state index in [-0.39, 0.29) is 11.3 Å². The highest BCUT2D eigenvalue weighted by molar-refractivity contribution is 7.62. The van der Waals surface area contributed by atoms with Gasteiger partial charge in [-0.3, -0.25) is 5.09 Å². The Morgan fingerprint density at radius 2 is 1.25 bits per heavy atom. The first-order chi connectivity index (χ1) is 9.75. The molecule has 2 nitrogen and oxygen atoms in total. The Balaban J connectivity index is 1.99. The quantitative estimate of drug-likeness (QED) is 0.824. The van der Waals surface area contributed by atoms with Gasteiger partial charge in [-0.1, -0.05) is 60.7 Å². The SMILES string of the molecule is CNP1(=O)[C@@H](c2ccccc2)CC[C@H]1c1ccccc1. The van der Waals surface area contributed by atoms with Crippen molar-refractivity contribution in [3.05, 3.63) is 71.8 Å². The Labute approximate surface area is 120 Å². The van der Waals surface area contributed by atoms with E-state index in [1.165, 1.54) is 11.1 Å². The smallest absolute Gasteiger partial charge is 0.161 e. The number of hydrogen-bond acceptors (Lipinski definition) is 1. The zero-order valence-electron chi connectivity index (χ0n) is 11.7. The maximum Gasteiger partial charge on any atom is 0.161 e. The van der Waals surface area contributed by atoms with Crippen LogP contribution in [0.3, 0.4) is 0 Å². The molecule has 0 aliphatic carbocycles. The van der Waals surface area contributed by atoms with Gasteiger partial charge in [0.15, 0.2) is 7.29 Å². The summed E-state index contributed by atoms with van der Waals surface area (Å²) < 4.78 is 13.5. The van der Waals surface area contributed by atoms with Crippen LogP contribution in [-0.4, -0.2) is 7.05 Å². The van der Waals surface area contributed by atoms with Crippen LogP contribution < -0.4 is 5.09 Å². The van der Waals surface area contributed by atoms with Crippen molar-refractivity contribution >= 4 is 7.29 Å². The monoisotopic (exact) mass is 285 g/mol. The van der Waals surface area contributed by atoms with Crippen LogP contribution in [0.4, 0.5) is 0 Å². The van der Waals surface area contributed by atoms with Crippen molar-refractivity contribution in [2.45, 2.75) is 24.2 Å². The van der Waals surface area contributed by atoms with Gasteiger partial charge in [0.25, 0.3) is 0 Å². The van der Waals surface area contributed by atoms with Gasteiger partial charge >= 0.3 is 0 Å². The van der Waals surface area contributed by atoms with Crippen molar-refractivity contribution in [3.63, 3.8) is 0 Å². The predicted octanol–water partition coefficient (Wildman–Crippen LogP) is 4.76. The normalized spacial score (nSPS) is 29.4. The minimum atomic E-state index is -2.47. The number of hydrogen-bond donors (Lipinski definition) is 1. The first-order valence-corrected chi connectivity index (χ1v) is 8.98. The van der Waals surface area contributed by atoms with Crippen molar-refractivity contribution in [2.24, 2.45) is 0 Å². The molecule has 3 atom stereocenters. The van der Waals surface area contributed by atoms with Gasteiger partial charge in [-0.25, -0.2) is 0 Å². The summed E-state index contributed by atoms with van der Waals surface area (Å²) in [6.07, 6.45) is 1.98. The molecule has 1 heterocycles. The van der Waals surface area contributed by atoms with Gasteiger partial charge in [0, 0.05) is 0 Å². The third-order valence-electron chi connectivity index (χ3n) is 4.36. The molecule has 3 rings (SSSR count). The van der Waals surface area contributed by atoms with Crippen LogP contribution >= 0.6 is 7.29 Å². The molecule has 0 saturated carbocycles. The van der Waals surface area contributed by atoms with Crippen molar-refractivity contribution in [1.82, 2.24) is 5.09 Å². The van der Waals surface area contributed by atoms with E-state index >= 15 is 0 Å². The molecule has 3 heteroatoms. The first-order valence-electron chi connectivity index (χ1n) is 7.14. The summed E-state index contributed by atoms with van der Waals surface area (Å²) in [4.78, 5) is 0. The number of benzene rings is 2. The lowest BCUT2D eigenvalue weighted by Crippen LogP contribution is -2.11. The average molecular weight is 285 g/mol. The van der Waals surface area contributed by atoms with Crippen molar-refractivity contribution in [1.29, 1.82) is 0 Å². The van der Waals surface area contributed by atoms with E-state index in [9.17, 15) is 4.57 Å². The fourth-order valence-electron chi connectivity index (χ4n) is 3.35. The van der Waals surface area contributed by atoms with Crippen molar-refractivity contribution in [3.8, 4) is 0 Å². The molecule has 2 aromatic rings. The van der Waals surface area contributed by atoms with Crippen LogP contribution in [0.15, 0.2) is 60.7 Å². The summed E-state index contributed by atoms with van der Waals surface area (Å²) in [5, 5.41) is 3.19. The van der Waals surface area contributed by atoms with Crippen LogP contribution in [-0.2, 0) is 4.57 Å². The Kier molecular flexibility index (Phi) is 3.78. The van der Waals surface area contributed by atoms with Gasteiger partial charge in [0.05, 0.1) is 11.3 Å². The fraction of sp³-hybridized carbons (Fsp3) is 0.294. The van der Waals surface area contributed by atoms with Gasteiger partial charge in [0.1, 0.15) is 0 Å². The van der Waals surface area contributed by atoms with E-state index < -0.39 is 7.29 Å². The van der Waals surface area contributed by atoms with Crippen molar-refractivity contribution in [2.75, 3.05) is 7.05 Å². The highest BCUT2D eigenvalue weighted by atomic mass is 31.2. The molecule has 1 fully saturated rings. The molecule has 1 aliphatic rings. The highest BCUT2D eigenvalue weighted by Crippen LogP contribution is 2.73. The summed E-state index contributed by atoms with van der Waals surface area (Å²) >= 11 is 0. The summed E-state index contributed by atoms with van der Waals surface area (Å²) in [7, 11) is -0.620. The Morgan fingerprint density at radius 3 is 1.60 bits per heavy atom. The first kappa shape index (κ1) is 13.6. The largest absolute Gasteiger partial charge is 0.305 e. The Hall–Kier alpha value is -1.37. The van der Waals surface area contributed by atoms with Crippen LogP contribution in [0, 0.1) is 0 Å². The topological polar surface area (TPSA) is 29.1 Å². The predicted molar refractivity (Wildman–Crippen MR) is 84.3 cm³/mol. The third-order valence-corrected chi connectivity index (χ3v) is 8.02. The molecule has 0 spiro atoms. The zero-order valence-corrected chi connectivity index (χ0v) is 12.6. The molecule has 1 saturated heterocycles. The van der Waals surface area contributed by atoms with Crippen LogP contribution in [0.2, 0.25) is 0 Å². The van der Waals surface area contributed by atoms with E-state index in [0.717, 1.165) is 12.8 Å². The molecule has 0 amide bonds. The third kappa shape index (κ3) is 2.24. The lowest BCUT2D eigenvalue weighted by atomic mass is 10.0. The lowest BCUT2D eigenvalue weighted by molar-refractivity contribution is 0.560. The molecule has 1 N–H and O–H groups in total. The Bertz CT molecular complexity index is 560. The molecule has 0 aromatic heterocycles. The molecule has 2 aromatic carbocycles. The Morgan fingerprint density at radius 1 is 0.850 bits per heavy atom.